The van der Waals surface area contributed by atoms with Gasteiger partial charge >= 0.3 is 0 Å². The van der Waals surface area contributed by atoms with Crippen LogP contribution in [0.1, 0.15) is 19.8 Å². The second kappa shape index (κ2) is 7.00. The van der Waals surface area contributed by atoms with Crippen molar-refractivity contribution in [2.75, 3.05) is 30.8 Å². The number of nitrogen functional groups attached to an aromatic ring is 1. The lowest BCUT2D eigenvalue weighted by molar-refractivity contribution is 0.141. The Hall–Kier alpha value is -1.36. The van der Waals surface area contributed by atoms with E-state index in [9.17, 15) is 0 Å². The maximum absolute atomic E-state index is 5.65. The molecule has 1 rings (SSSR count). The van der Waals surface area contributed by atoms with Gasteiger partial charge in [0.1, 0.15) is 6.33 Å². The predicted octanol–water partition coefficient (Wildman–Crippen LogP) is 1.29. The number of hydrogen-bond acceptors (Lipinski definition) is 5. The summed E-state index contributed by atoms with van der Waals surface area (Å²) < 4.78 is 5.39. The third-order valence-corrected chi connectivity index (χ3v) is 1.92. The van der Waals surface area contributed by atoms with Gasteiger partial charge in [0.25, 0.3) is 0 Å². The first-order chi connectivity index (χ1) is 7.34. The SMILES string of the molecule is CCCCOCCNc1ncncc1N. The quantitative estimate of drug-likeness (QED) is 0.663. The molecule has 0 saturated carbocycles. The van der Waals surface area contributed by atoms with Crippen molar-refractivity contribution in [3.63, 3.8) is 0 Å². The number of ether oxygens (including phenoxy) is 1. The van der Waals surface area contributed by atoms with Crippen LogP contribution in [0.25, 0.3) is 0 Å². The van der Waals surface area contributed by atoms with Crippen LogP contribution in [0.4, 0.5) is 11.5 Å². The van der Waals surface area contributed by atoms with Gasteiger partial charge in [0.15, 0.2) is 5.82 Å². The van der Waals surface area contributed by atoms with Gasteiger partial charge in [-0.3, -0.25) is 0 Å². The van der Waals surface area contributed by atoms with E-state index >= 15 is 0 Å². The Kier molecular flexibility index (Phi) is 5.47. The Bertz CT molecular complexity index is 280. The molecule has 5 nitrogen and oxygen atoms in total. The van der Waals surface area contributed by atoms with E-state index in [1.807, 2.05) is 0 Å². The summed E-state index contributed by atoms with van der Waals surface area (Å²) in [5, 5.41) is 3.09. The molecule has 5 heteroatoms. The van der Waals surface area contributed by atoms with Gasteiger partial charge in [-0.15, -0.1) is 0 Å². The second-order valence-electron chi connectivity index (χ2n) is 3.22. The van der Waals surface area contributed by atoms with Crippen molar-refractivity contribution >= 4 is 11.5 Å². The number of aromatic nitrogens is 2. The molecule has 15 heavy (non-hydrogen) atoms. The van der Waals surface area contributed by atoms with Crippen LogP contribution in [0, 0.1) is 0 Å². The summed E-state index contributed by atoms with van der Waals surface area (Å²) >= 11 is 0. The highest BCUT2D eigenvalue weighted by Gasteiger charge is 1.97. The molecule has 1 aromatic rings. The standard InChI is InChI=1S/C10H18N4O/c1-2-3-5-15-6-4-13-10-9(11)7-12-8-14-10/h7-8H,2-6,11H2,1H3,(H,12,13,14). The van der Waals surface area contributed by atoms with Gasteiger partial charge in [0, 0.05) is 13.2 Å². The van der Waals surface area contributed by atoms with E-state index in [2.05, 4.69) is 22.2 Å². The smallest absolute Gasteiger partial charge is 0.152 e. The molecule has 0 radical (unpaired) electrons. The van der Waals surface area contributed by atoms with Gasteiger partial charge in [-0.2, -0.15) is 0 Å². The van der Waals surface area contributed by atoms with E-state index < -0.39 is 0 Å². The van der Waals surface area contributed by atoms with Crippen molar-refractivity contribution in [3.8, 4) is 0 Å². The van der Waals surface area contributed by atoms with Crippen LogP contribution < -0.4 is 11.1 Å². The normalized spacial score (nSPS) is 10.2. The minimum atomic E-state index is 0.561. The zero-order valence-electron chi connectivity index (χ0n) is 9.07. The van der Waals surface area contributed by atoms with Crippen LogP contribution in [0.15, 0.2) is 12.5 Å². The molecule has 0 aliphatic heterocycles. The average Bonchev–Trinajstić information content (AvgIpc) is 2.25. The monoisotopic (exact) mass is 210 g/mol. The summed E-state index contributed by atoms with van der Waals surface area (Å²) in [5.74, 6) is 0.670. The van der Waals surface area contributed by atoms with E-state index in [1.165, 1.54) is 6.33 Å². The number of nitrogens with one attached hydrogen (secondary N) is 1. The summed E-state index contributed by atoms with van der Waals surface area (Å²) in [5.41, 5.74) is 6.22. The minimum absolute atomic E-state index is 0.561. The molecular formula is C10H18N4O. The lowest BCUT2D eigenvalue weighted by Crippen LogP contribution is -2.12. The van der Waals surface area contributed by atoms with Crippen LogP contribution in [-0.4, -0.2) is 29.7 Å². The molecule has 0 saturated heterocycles. The maximum Gasteiger partial charge on any atom is 0.152 e. The topological polar surface area (TPSA) is 73.1 Å². The van der Waals surface area contributed by atoms with E-state index in [-0.39, 0.29) is 0 Å². The third-order valence-electron chi connectivity index (χ3n) is 1.92. The van der Waals surface area contributed by atoms with Crippen molar-refractivity contribution in [2.24, 2.45) is 0 Å². The zero-order chi connectivity index (χ0) is 10.9. The number of nitrogens with zero attached hydrogens (tertiary/aromatic N) is 2. The molecule has 0 bridgehead atoms. The third kappa shape index (κ3) is 4.60. The van der Waals surface area contributed by atoms with Gasteiger partial charge in [-0.25, -0.2) is 9.97 Å². The molecule has 0 aliphatic rings. The molecule has 0 atom stereocenters. The van der Waals surface area contributed by atoms with Gasteiger partial charge < -0.3 is 15.8 Å². The van der Waals surface area contributed by atoms with Crippen molar-refractivity contribution < 1.29 is 4.74 Å². The van der Waals surface area contributed by atoms with Crippen LogP contribution in [0.3, 0.4) is 0 Å². The molecule has 0 fully saturated rings. The summed E-state index contributed by atoms with van der Waals surface area (Å²) in [7, 11) is 0. The van der Waals surface area contributed by atoms with E-state index in [0.29, 0.717) is 24.7 Å². The lowest BCUT2D eigenvalue weighted by atomic mass is 10.4. The number of anilines is 2. The summed E-state index contributed by atoms with van der Waals surface area (Å²) in [6, 6.07) is 0. The summed E-state index contributed by atoms with van der Waals surface area (Å²) in [6.07, 6.45) is 5.31. The lowest BCUT2D eigenvalue weighted by Gasteiger charge is -2.07. The average molecular weight is 210 g/mol. The van der Waals surface area contributed by atoms with Gasteiger partial charge in [0.05, 0.1) is 18.5 Å². The first-order valence-electron chi connectivity index (χ1n) is 5.21. The van der Waals surface area contributed by atoms with Gasteiger partial charge in [-0.05, 0) is 6.42 Å². The highest BCUT2D eigenvalue weighted by Crippen LogP contribution is 2.10. The fourth-order valence-corrected chi connectivity index (χ4v) is 1.08. The van der Waals surface area contributed by atoms with Crippen LogP contribution in [0.2, 0.25) is 0 Å². The Balaban J connectivity index is 2.12. The highest BCUT2D eigenvalue weighted by atomic mass is 16.5. The molecular weight excluding hydrogens is 192 g/mol. The second-order valence-corrected chi connectivity index (χ2v) is 3.22. The van der Waals surface area contributed by atoms with Crippen molar-refractivity contribution in [2.45, 2.75) is 19.8 Å². The summed E-state index contributed by atoms with van der Waals surface area (Å²) in [6.45, 7) is 4.34. The molecule has 0 aliphatic carbocycles. The minimum Gasteiger partial charge on any atom is -0.394 e. The number of unbranched alkanes of at least 4 members (excludes halogenated alkanes) is 1. The predicted molar refractivity (Wildman–Crippen MR) is 60.7 cm³/mol. The van der Waals surface area contributed by atoms with Crippen molar-refractivity contribution in [1.82, 2.24) is 9.97 Å². The van der Waals surface area contributed by atoms with Gasteiger partial charge in [0.2, 0.25) is 0 Å². The molecule has 0 unspecified atom stereocenters. The van der Waals surface area contributed by atoms with Crippen LogP contribution in [0.5, 0.6) is 0 Å². The van der Waals surface area contributed by atoms with Crippen molar-refractivity contribution in [1.29, 1.82) is 0 Å². The Morgan fingerprint density at radius 3 is 3.07 bits per heavy atom. The van der Waals surface area contributed by atoms with Crippen molar-refractivity contribution in [3.05, 3.63) is 12.5 Å². The number of nitrogens with two attached hydrogens (primary N) is 1. The largest absolute Gasteiger partial charge is 0.394 e. The highest BCUT2D eigenvalue weighted by molar-refractivity contribution is 5.58. The van der Waals surface area contributed by atoms with Crippen LogP contribution in [-0.2, 0) is 4.74 Å². The van der Waals surface area contributed by atoms with E-state index in [4.69, 9.17) is 10.5 Å². The molecule has 0 amide bonds. The molecule has 0 spiro atoms. The zero-order valence-corrected chi connectivity index (χ0v) is 9.07. The number of rotatable bonds is 7. The fraction of sp³-hybridized carbons (Fsp3) is 0.600. The molecule has 1 aromatic heterocycles. The number of hydrogen-bond donors (Lipinski definition) is 2. The molecule has 1 heterocycles. The Labute approximate surface area is 90.1 Å². The van der Waals surface area contributed by atoms with E-state index in [0.717, 1.165) is 19.4 Å². The van der Waals surface area contributed by atoms with Gasteiger partial charge in [-0.1, -0.05) is 13.3 Å². The Morgan fingerprint density at radius 1 is 1.47 bits per heavy atom. The molecule has 3 N–H and O–H groups in total. The van der Waals surface area contributed by atoms with E-state index in [1.54, 1.807) is 6.20 Å². The maximum atomic E-state index is 5.65. The Morgan fingerprint density at radius 2 is 2.33 bits per heavy atom. The first-order valence-corrected chi connectivity index (χ1v) is 5.21. The first kappa shape index (κ1) is 11.7. The molecule has 0 aromatic carbocycles. The fourth-order valence-electron chi connectivity index (χ4n) is 1.08. The summed E-state index contributed by atoms with van der Waals surface area (Å²) in [4.78, 5) is 7.82. The van der Waals surface area contributed by atoms with Crippen LogP contribution >= 0.6 is 0 Å². The molecule has 84 valence electrons.